The molecule has 0 heterocycles. The van der Waals surface area contributed by atoms with Crippen LogP contribution in [0.3, 0.4) is 0 Å². The number of halogens is 2. The van der Waals surface area contributed by atoms with Crippen molar-refractivity contribution in [2.45, 2.75) is 0 Å². The molecule has 1 amide bonds. The van der Waals surface area contributed by atoms with E-state index in [0.717, 1.165) is 0 Å². The number of phenols is 1. The number of para-hydroxylation sites is 2. The number of nitrogens with one attached hydrogen (secondary N) is 1. The Morgan fingerprint density at radius 2 is 2.05 bits per heavy atom. The molecule has 0 unspecified atom stereocenters. The van der Waals surface area contributed by atoms with Gasteiger partial charge in [-0.3, -0.25) is 4.79 Å². The normalized spacial score (nSPS) is 10.1. The van der Waals surface area contributed by atoms with Crippen molar-refractivity contribution in [3.05, 3.63) is 52.8 Å². The number of phenolic OH excluding ortho intramolecular Hbond substituents is 1. The second-order valence-electron chi connectivity index (χ2n) is 3.93. The fraction of sp³-hybridized carbons (Fsp3) is 0.0714. The molecule has 0 saturated heterocycles. The molecule has 6 heteroatoms. The lowest BCUT2D eigenvalue weighted by Crippen LogP contribution is -2.20. The maximum atomic E-state index is 13.5. The molecular weight excluding hydrogens is 329 g/mol. The summed E-state index contributed by atoms with van der Waals surface area (Å²) < 4.78 is 19.2. The summed E-state index contributed by atoms with van der Waals surface area (Å²) in [5.74, 6) is -0.932. The Kier molecular flexibility index (Phi) is 4.57. The van der Waals surface area contributed by atoms with Crippen LogP contribution in [0.2, 0.25) is 0 Å². The van der Waals surface area contributed by atoms with Crippen LogP contribution in [0, 0.1) is 5.82 Å². The van der Waals surface area contributed by atoms with Gasteiger partial charge in [-0.25, -0.2) is 4.39 Å². The number of carbonyl (C=O) groups excluding carboxylic acids is 1. The summed E-state index contributed by atoms with van der Waals surface area (Å²) in [4.78, 5) is 11.6. The first-order valence-corrected chi connectivity index (χ1v) is 6.51. The SMILES string of the molecule is O=C(COc1ccccc1O)Nc1ccc(Br)cc1F. The molecule has 104 valence electrons. The Hall–Kier alpha value is -2.08. The van der Waals surface area contributed by atoms with E-state index in [2.05, 4.69) is 21.2 Å². The Morgan fingerprint density at radius 3 is 2.75 bits per heavy atom. The van der Waals surface area contributed by atoms with Crippen LogP contribution in [0.1, 0.15) is 0 Å². The predicted octanol–water partition coefficient (Wildman–Crippen LogP) is 3.31. The van der Waals surface area contributed by atoms with Crippen LogP contribution < -0.4 is 10.1 Å². The summed E-state index contributed by atoms with van der Waals surface area (Å²) in [6.45, 7) is -0.326. The molecule has 0 bridgehead atoms. The highest BCUT2D eigenvalue weighted by Crippen LogP contribution is 2.24. The zero-order chi connectivity index (χ0) is 14.5. The minimum atomic E-state index is -0.546. The summed E-state index contributed by atoms with van der Waals surface area (Å²) >= 11 is 3.13. The van der Waals surface area contributed by atoms with E-state index in [1.54, 1.807) is 18.2 Å². The molecular formula is C14H11BrFNO3. The molecule has 2 aromatic rings. The molecule has 0 saturated carbocycles. The van der Waals surface area contributed by atoms with Gasteiger partial charge in [-0.15, -0.1) is 0 Å². The van der Waals surface area contributed by atoms with E-state index in [1.165, 1.54) is 24.3 Å². The smallest absolute Gasteiger partial charge is 0.262 e. The number of benzene rings is 2. The zero-order valence-corrected chi connectivity index (χ0v) is 11.9. The standard InChI is InChI=1S/C14H11BrFNO3/c15-9-5-6-11(10(16)7-9)17-14(19)8-20-13-4-2-1-3-12(13)18/h1-7,18H,8H2,(H,17,19). The zero-order valence-electron chi connectivity index (χ0n) is 10.3. The van der Waals surface area contributed by atoms with E-state index in [-0.39, 0.29) is 23.8 Å². The molecule has 0 radical (unpaired) electrons. The number of anilines is 1. The summed E-state index contributed by atoms with van der Waals surface area (Å²) in [5.41, 5.74) is 0.0686. The minimum absolute atomic E-state index is 0.0601. The Bertz CT molecular complexity index is 634. The molecule has 0 aliphatic heterocycles. The van der Waals surface area contributed by atoms with E-state index in [1.807, 2.05) is 0 Å². The third kappa shape index (κ3) is 3.71. The van der Waals surface area contributed by atoms with Crippen LogP contribution in [0.4, 0.5) is 10.1 Å². The van der Waals surface area contributed by atoms with Crippen molar-refractivity contribution in [1.82, 2.24) is 0 Å². The predicted molar refractivity (Wildman–Crippen MR) is 76.3 cm³/mol. The topological polar surface area (TPSA) is 58.6 Å². The first kappa shape index (κ1) is 14.3. The van der Waals surface area contributed by atoms with E-state index in [0.29, 0.717) is 4.47 Å². The van der Waals surface area contributed by atoms with Crippen molar-refractivity contribution in [3.8, 4) is 11.5 Å². The van der Waals surface area contributed by atoms with Crippen LogP contribution in [0.5, 0.6) is 11.5 Å². The van der Waals surface area contributed by atoms with Crippen molar-refractivity contribution < 1.29 is 19.0 Å². The lowest BCUT2D eigenvalue weighted by atomic mass is 10.3. The Morgan fingerprint density at radius 1 is 1.30 bits per heavy atom. The van der Waals surface area contributed by atoms with E-state index in [4.69, 9.17) is 4.74 Å². The molecule has 2 aromatic carbocycles. The fourth-order valence-electron chi connectivity index (χ4n) is 1.50. The van der Waals surface area contributed by atoms with Crippen LogP contribution in [-0.2, 0) is 4.79 Å². The van der Waals surface area contributed by atoms with E-state index in [9.17, 15) is 14.3 Å². The van der Waals surface area contributed by atoms with Crippen LogP contribution in [0.15, 0.2) is 46.9 Å². The van der Waals surface area contributed by atoms with Gasteiger partial charge in [-0.1, -0.05) is 28.1 Å². The quantitative estimate of drug-likeness (QED) is 0.898. The number of amides is 1. The second kappa shape index (κ2) is 6.38. The third-order valence-electron chi connectivity index (χ3n) is 2.43. The molecule has 2 N–H and O–H groups in total. The van der Waals surface area contributed by atoms with Gasteiger partial charge in [-0.2, -0.15) is 0 Å². The number of hydrogen-bond donors (Lipinski definition) is 2. The lowest BCUT2D eigenvalue weighted by molar-refractivity contribution is -0.118. The molecule has 0 atom stereocenters. The molecule has 0 aliphatic rings. The minimum Gasteiger partial charge on any atom is -0.504 e. The fourth-order valence-corrected chi connectivity index (χ4v) is 1.83. The van der Waals surface area contributed by atoms with Gasteiger partial charge in [0.15, 0.2) is 18.1 Å². The largest absolute Gasteiger partial charge is 0.504 e. The summed E-state index contributed by atoms with van der Waals surface area (Å²) in [6.07, 6.45) is 0. The average molecular weight is 340 g/mol. The molecule has 0 fully saturated rings. The summed E-state index contributed by atoms with van der Waals surface area (Å²) in [6, 6.07) is 10.6. The molecule has 0 spiro atoms. The lowest BCUT2D eigenvalue weighted by Gasteiger charge is -2.09. The number of ether oxygens (including phenoxy) is 1. The molecule has 2 rings (SSSR count). The first-order chi connectivity index (χ1) is 9.56. The van der Waals surface area contributed by atoms with Gasteiger partial charge < -0.3 is 15.2 Å². The van der Waals surface area contributed by atoms with Gasteiger partial charge in [0.2, 0.25) is 0 Å². The van der Waals surface area contributed by atoms with Crippen molar-refractivity contribution in [1.29, 1.82) is 0 Å². The van der Waals surface area contributed by atoms with Crippen LogP contribution >= 0.6 is 15.9 Å². The maximum absolute atomic E-state index is 13.5. The second-order valence-corrected chi connectivity index (χ2v) is 4.84. The first-order valence-electron chi connectivity index (χ1n) is 5.72. The number of hydrogen-bond acceptors (Lipinski definition) is 3. The third-order valence-corrected chi connectivity index (χ3v) is 2.92. The highest BCUT2D eigenvalue weighted by molar-refractivity contribution is 9.10. The Labute approximate surface area is 123 Å². The molecule has 0 aliphatic carbocycles. The molecule has 4 nitrogen and oxygen atoms in total. The van der Waals surface area contributed by atoms with Gasteiger partial charge in [0.25, 0.3) is 5.91 Å². The van der Waals surface area contributed by atoms with Gasteiger partial charge >= 0.3 is 0 Å². The van der Waals surface area contributed by atoms with Crippen molar-refractivity contribution >= 4 is 27.5 Å². The number of carbonyl (C=O) groups is 1. The number of rotatable bonds is 4. The molecule has 20 heavy (non-hydrogen) atoms. The van der Waals surface area contributed by atoms with Crippen LogP contribution in [-0.4, -0.2) is 17.6 Å². The highest BCUT2D eigenvalue weighted by atomic mass is 79.9. The van der Waals surface area contributed by atoms with Crippen LogP contribution in [0.25, 0.3) is 0 Å². The average Bonchev–Trinajstić information content (AvgIpc) is 2.41. The van der Waals surface area contributed by atoms with Gasteiger partial charge in [0.1, 0.15) is 5.82 Å². The van der Waals surface area contributed by atoms with Gasteiger partial charge in [0.05, 0.1) is 5.69 Å². The highest BCUT2D eigenvalue weighted by Gasteiger charge is 2.09. The summed E-state index contributed by atoms with van der Waals surface area (Å²) in [5, 5.41) is 11.9. The van der Waals surface area contributed by atoms with Gasteiger partial charge in [0, 0.05) is 4.47 Å². The maximum Gasteiger partial charge on any atom is 0.262 e. The molecule has 0 aromatic heterocycles. The van der Waals surface area contributed by atoms with Crippen molar-refractivity contribution in [2.75, 3.05) is 11.9 Å². The van der Waals surface area contributed by atoms with E-state index >= 15 is 0 Å². The van der Waals surface area contributed by atoms with Crippen molar-refractivity contribution in [3.63, 3.8) is 0 Å². The number of aromatic hydroxyl groups is 1. The monoisotopic (exact) mass is 339 g/mol. The van der Waals surface area contributed by atoms with Crippen molar-refractivity contribution in [2.24, 2.45) is 0 Å². The summed E-state index contributed by atoms with van der Waals surface area (Å²) in [7, 11) is 0. The van der Waals surface area contributed by atoms with Gasteiger partial charge in [-0.05, 0) is 30.3 Å². The van der Waals surface area contributed by atoms with E-state index < -0.39 is 11.7 Å². The Balaban J connectivity index is 1.94.